The van der Waals surface area contributed by atoms with Gasteiger partial charge < -0.3 is 10.1 Å². The molecule has 1 N–H and O–H groups in total. The summed E-state index contributed by atoms with van der Waals surface area (Å²) in [5, 5.41) is 2.64. The van der Waals surface area contributed by atoms with Gasteiger partial charge in [-0.3, -0.25) is 4.79 Å². The Morgan fingerprint density at radius 1 is 1.10 bits per heavy atom. The molecule has 0 unspecified atom stereocenters. The number of halogens is 1. The van der Waals surface area contributed by atoms with Crippen LogP contribution in [0.5, 0.6) is 5.75 Å². The number of hydrogen-bond donors (Lipinski definition) is 1. The van der Waals surface area contributed by atoms with Crippen LogP contribution in [0.1, 0.15) is 43.5 Å². The minimum atomic E-state index is -3.61. The van der Waals surface area contributed by atoms with Crippen LogP contribution in [0.2, 0.25) is 0 Å². The van der Waals surface area contributed by atoms with Crippen molar-refractivity contribution < 1.29 is 22.3 Å². The first-order chi connectivity index (χ1) is 13.7. The molecule has 0 aromatic heterocycles. The van der Waals surface area contributed by atoms with E-state index >= 15 is 0 Å². The van der Waals surface area contributed by atoms with Crippen LogP contribution in [-0.2, 0) is 10.0 Å². The minimum Gasteiger partial charge on any atom is -0.494 e. The Labute approximate surface area is 170 Å². The second kappa shape index (κ2) is 8.51. The van der Waals surface area contributed by atoms with Crippen molar-refractivity contribution in [2.24, 2.45) is 0 Å². The zero-order valence-corrected chi connectivity index (χ0v) is 17.5. The lowest BCUT2D eigenvalue weighted by Gasteiger charge is -2.37. The zero-order valence-electron chi connectivity index (χ0n) is 16.7. The van der Waals surface area contributed by atoms with Crippen LogP contribution >= 0.6 is 0 Å². The number of amides is 1. The molecular formula is C21H25FN2O4S. The highest BCUT2D eigenvalue weighted by atomic mass is 32.2. The molecule has 2 aromatic rings. The van der Waals surface area contributed by atoms with Crippen molar-refractivity contribution in [3.05, 3.63) is 53.8 Å². The van der Waals surface area contributed by atoms with Crippen molar-refractivity contribution in [3.63, 3.8) is 0 Å². The molecule has 1 aliphatic heterocycles. The standard InChI is InChI=1S/C21H25FN2O4S/c1-14-5-4-6-15(2)24(14)29(26,27)18-10-8-17(9-11-18)23-21(25)16-7-12-20(28-3)19(22)13-16/h7-15H,4-6H2,1-3H3,(H,23,25)/t14-,15-/m1/s1. The van der Waals surface area contributed by atoms with E-state index in [9.17, 15) is 17.6 Å². The number of nitrogens with one attached hydrogen (secondary N) is 1. The first-order valence-electron chi connectivity index (χ1n) is 9.52. The first kappa shape index (κ1) is 21.3. The van der Waals surface area contributed by atoms with Gasteiger partial charge in [0.1, 0.15) is 0 Å². The number of sulfonamides is 1. The fourth-order valence-electron chi connectivity index (χ4n) is 3.71. The van der Waals surface area contributed by atoms with Crippen LogP contribution in [0, 0.1) is 5.82 Å². The van der Waals surface area contributed by atoms with E-state index in [4.69, 9.17) is 4.74 Å². The molecule has 1 amide bonds. The lowest BCUT2D eigenvalue weighted by molar-refractivity contribution is 0.102. The van der Waals surface area contributed by atoms with Gasteiger partial charge in [-0.25, -0.2) is 12.8 Å². The van der Waals surface area contributed by atoms with Crippen molar-refractivity contribution >= 4 is 21.6 Å². The van der Waals surface area contributed by atoms with Crippen molar-refractivity contribution in [2.45, 2.75) is 50.1 Å². The second-order valence-corrected chi connectivity index (χ2v) is 9.13. The molecule has 2 atom stereocenters. The van der Waals surface area contributed by atoms with Crippen molar-refractivity contribution in [2.75, 3.05) is 12.4 Å². The number of anilines is 1. The smallest absolute Gasteiger partial charge is 0.255 e. The summed E-state index contributed by atoms with van der Waals surface area (Å²) in [6, 6.07) is 9.85. The number of carbonyl (C=O) groups excluding carboxylic acids is 1. The van der Waals surface area contributed by atoms with Gasteiger partial charge in [-0.15, -0.1) is 0 Å². The lowest BCUT2D eigenvalue weighted by atomic mass is 10.0. The van der Waals surface area contributed by atoms with Gasteiger partial charge in [-0.1, -0.05) is 6.42 Å². The van der Waals surface area contributed by atoms with E-state index in [2.05, 4.69) is 5.32 Å². The average Bonchev–Trinajstić information content (AvgIpc) is 2.68. The van der Waals surface area contributed by atoms with Gasteiger partial charge in [0.2, 0.25) is 10.0 Å². The second-order valence-electron chi connectivity index (χ2n) is 7.29. The van der Waals surface area contributed by atoms with Crippen molar-refractivity contribution in [3.8, 4) is 5.75 Å². The molecule has 3 rings (SSSR count). The predicted octanol–water partition coefficient (Wildman–Crippen LogP) is 4.04. The molecule has 1 fully saturated rings. The van der Waals surface area contributed by atoms with E-state index in [0.29, 0.717) is 5.69 Å². The molecule has 0 saturated carbocycles. The molecule has 1 heterocycles. The molecule has 156 valence electrons. The summed E-state index contributed by atoms with van der Waals surface area (Å²) in [5.41, 5.74) is 0.556. The topological polar surface area (TPSA) is 75.7 Å². The van der Waals surface area contributed by atoms with Gasteiger partial charge in [0.25, 0.3) is 5.91 Å². The van der Waals surface area contributed by atoms with Crippen molar-refractivity contribution in [1.29, 1.82) is 0 Å². The van der Waals surface area contributed by atoms with Gasteiger partial charge in [0.15, 0.2) is 11.6 Å². The van der Waals surface area contributed by atoms with E-state index in [-0.39, 0.29) is 28.3 Å². The quantitative estimate of drug-likeness (QED) is 0.792. The van der Waals surface area contributed by atoms with Crippen LogP contribution in [0.25, 0.3) is 0 Å². The van der Waals surface area contributed by atoms with Crippen LogP contribution in [-0.4, -0.2) is 37.8 Å². The van der Waals surface area contributed by atoms with Crippen LogP contribution < -0.4 is 10.1 Å². The molecule has 2 aromatic carbocycles. The van der Waals surface area contributed by atoms with Crippen LogP contribution in [0.15, 0.2) is 47.4 Å². The Balaban J connectivity index is 1.76. The maximum absolute atomic E-state index is 13.8. The molecular weight excluding hydrogens is 395 g/mol. The fraction of sp³-hybridized carbons (Fsp3) is 0.381. The Kier molecular flexibility index (Phi) is 6.24. The van der Waals surface area contributed by atoms with E-state index < -0.39 is 21.7 Å². The highest BCUT2D eigenvalue weighted by Gasteiger charge is 2.35. The molecule has 0 spiro atoms. The normalized spacial score (nSPS) is 20.3. The minimum absolute atomic E-state index is 0.0481. The number of rotatable bonds is 5. The average molecular weight is 421 g/mol. The summed E-state index contributed by atoms with van der Waals surface area (Å²) in [5.74, 6) is -1.08. The number of methoxy groups -OCH3 is 1. The van der Waals surface area contributed by atoms with E-state index in [0.717, 1.165) is 25.3 Å². The van der Waals surface area contributed by atoms with Crippen LogP contribution in [0.3, 0.4) is 0 Å². The third-order valence-electron chi connectivity index (χ3n) is 5.21. The molecule has 1 saturated heterocycles. The van der Waals surface area contributed by atoms with E-state index in [1.54, 1.807) is 4.31 Å². The van der Waals surface area contributed by atoms with Gasteiger partial charge in [-0.2, -0.15) is 4.31 Å². The predicted molar refractivity (Wildman–Crippen MR) is 109 cm³/mol. The molecule has 8 heteroatoms. The maximum atomic E-state index is 13.8. The Hall–Kier alpha value is -2.45. The summed E-state index contributed by atoms with van der Waals surface area (Å²) in [6.45, 7) is 3.85. The number of carbonyl (C=O) groups is 1. The molecule has 0 bridgehead atoms. The maximum Gasteiger partial charge on any atom is 0.255 e. The fourth-order valence-corrected chi connectivity index (χ4v) is 5.60. The summed E-state index contributed by atoms with van der Waals surface area (Å²) < 4.78 is 46.3. The Bertz CT molecular complexity index is 982. The third kappa shape index (κ3) is 4.43. The highest BCUT2D eigenvalue weighted by molar-refractivity contribution is 7.89. The number of hydrogen-bond acceptors (Lipinski definition) is 4. The molecule has 0 radical (unpaired) electrons. The van der Waals surface area contributed by atoms with Crippen LogP contribution in [0.4, 0.5) is 10.1 Å². The van der Waals surface area contributed by atoms with Gasteiger partial charge in [0.05, 0.1) is 12.0 Å². The number of ether oxygens (including phenoxy) is 1. The third-order valence-corrected chi connectivity index (χ3v) is 7.36. The number of benzene rings is 2. The van der Waals surface area contributed by atoms with Gasteiger partial charge >= 0.3 is 0 Å². The van der Waals surface area contributed by atoms with E-state index in [1.165, 1.54) is 43.5 Å². The lowest BCUT2D eigenvalue weighted by Crippen LogP contribution is -2.47. The highest BCUT2D eigenvalue weighted by Crippen LogP contribution is 2.30. The van der Waals surface area contributed by atoms with Crippen molar-refractivity contribution in [1.82, 2.24) is 4.31 Å². The summed E-state index contributed by atoms with van der Waals surface area (Å²) in [6.07, 6.45) is 2.71. The molecule has 6 nitrogen and oxygen atoms in total. The monoisotopic (exact) mass is 420 g/mol. The molecule has 0 aliphatic carbocycles. The summed E-state index contributed by atoms with van der Waals surface area (Å²) >= 11 is 0. The summed E-state index contributed by atoms with van der Waals surface area (Å²) in [4.78, 5) is 12.5. The van der Waals surface area contributed by atoms with Gasteiger partial charge in [0, 0.05) is 23.3 Å². The first-order valence-corrected chi connectivity index (χ1v) is 11.0. The van der Waals surface area contributed by atoms with Gasteiger partial charge in [-0.05, 0) is 69.2 Å². The number of nitrogens with zero attached hydrogens (tertiary/aromatic N) is 1. The number of piperidine rings is 1. The molecule has 29 heavy (non-hydrogen) atoms. The van der Waals surface area contributed by atoms with E-state index in [1.807, 2.05) is 13.8 Å². The largest absolute Gasteiger partial charge is 0.494 e. The SMILES string of the molecule is COc1ccc(C(=O)Nc2ccc(S(=O)(=O)N3[C@H](C)CCC[C@H]3C)cc2)cc1F. The Morgan fingerprint density at radius 2 is 1.72 bits per heavy atom. The summed E-state index contributed by atoms with van der Waals surface area (Å²) in [7, 11) is -2.27. The zero-order chi connectivity index (χ0) is 21.2. The molecule has 1 aliphatic rings. The Morgan fingerprint density at radius 3 is 2.28 bits per heavy atom.